The first-order valence-electron chi connectivity index (χ1n) is 8.51. The maximum Gasteiger partial charge on any atom is 0.390 e. The van der Waals surface area contributed by atoms with Gasteiger partial charge in [-0.2, -0.15) is 13.2 Å². The molecule has 140 valence electrons. The lowest BCUT2D eigenvalue weighted by Crippen LogP contribution is -2.48. The molecule has 4 nitrogen and oxygen atoms in total. The highest BCUT2D eigenvalue weighted by Gasteiger charge is 2.35. The van der Waals surface area contributed by atoms with Gasteiger partial charge in [0.15, 0.2) is 5.96 Å². The predicted molar refractivity (Wildman–Crippen MR) is 92.9 cm³/mol. The molecule has 2 N–H and O–H groups in total. The summed E-state index contributed by atoms with van der Waals surface area (Å²) in [7, 11) is 1.56. The van der Waals surface area contributed by atoms with Crippen molar-refractivity contribution in [3.8, 4) is 0 Å². The van der Waals surface area contributed by atoms with Gasteiger partial charge >= 0.3 is 6.18 Å². The van der Waals surface area contributed by atoms with E-state index in [0.717, 1.165) is 12.8 Å². The van der Waals surface area contributed by atoms with Crippen LogP contribution >= 0.6 is 0 Å². The van der Waals surface area contributed by atoms with Gasteiger partial charge in [-0.05, 0) is 30.9 Å². The molecule has 0 bridgehead atoms. The summed E-state index contributed by atoms with van der Waals surface area (Å²) < 4.78 is 42.4. The van der Waals surface area contributed by atoms with Crippen molar-refractivity contribution in [1.82, 2.24) is 10.6 Å². The van der Waals surface area contributed by atoms with Crippen molar-refractivity contribution in [3.63, 3.8) is 0 Å². The molecule has 0 aliphatic carbocycles. The third kappa shape index (κ3) is 5.63. The van der Waals surface area contributed by atoms with E-state index >= 15 is 0 Å². The average Bonchev–Trinajstić information content (AvgIpc) is 2.58. The van der Waals surface area contributed by atoms with Crippen molar-refractivity contribution < 1.29 is 17.9 Å². The van der Waals surface area contributed by atoms with Crippen molar-refractivity contribution in [1.29, 1.82) is 0 Å². The van der Waals surface area contributed by atoms with Crippen molar-refractivity contribution in [2.45, 2.75) is 37.8 Å². The Labute approximate surface area is 146 Å². The molecule has 1 aromatic carbocycles. The Kier molecular flexibility index (Phi) is 6.70. The van der Waals surface area contributed by atoms with Crippen LogP contribution in [0.1, 0.15) is 30.4 Å². The second-order valence-electron chi connectivity index (χ2n) is 6.43. The predicted octanol–water partition coefficient (Wildman–Crippen LogP) is 3.16. The summed E-state index contributed by atoms with van der Waals surface area (Å²) in [5.74, 6) is 0.392. The average molecular weight is 357 g/mol. The standard InChI is InChI=1S/C18H26F3N3O/c1-14-5-3-4-6-15(14)17(8-11-25-12-9-17)13-24-16(22-2)23-10-7-18(19,20)21/h3-6H,7-13H2,1-2H3,(H2,22,23,24). The maximum atomic E-state index is 12.3. The number of benzene rings is 1. The van der Waals surface area contributed by atoms with Crippen LogP contribution in [0.3, 0.4) is 0 Å². The molecule has 7 heteroatoms. The van der Waals surface area contributed by atoms with Crippen LogP contribution in [0.15, 0.2) is 29.3 Å². The Morgan fingerprint density at radius 1 is 1.20 bits per heavy atom. The Balaban J connectivity index is 2.04. The number of aliphatic imine (C=N–C) groups is 1. The zero-order chi connectivity index (χ0) is 18.3. The summed E-state index contributed by atoms with van der Waals surface area (Å²) in [5, 5.41) is 5.94. The van der Waals surface area contributed by atoms with E-state index in [9.17, 15) is 13.2 Å². The zero-order valence-electron chi connectivity index (χ0n) is 14.7. The summed E-state index contributed by atoms with van der Waals surface area (Å²) >= 11 is 0. The third-order valence-corrected chi connectivity index (χ3v) is 4.69. The Bertz CT molecular complexity index is 581. The van der Waals surface area contributed by atoms with Gasteiger partial charge in [-0.25, -0.2) is 0 Å². The number of nitrogens with zero attached hydrogens (tertiary/aromatic N) is 1. The molecule has 0 unspecified atom stereocenters. The molecular formula is C18H26F3N3O. The first-order valence-corrected chi connectivity index (χ1v) is 8.51. The van der Waals surface area contributed by atoms with Gasteiger partial charge in [0, 0.05) is 38.8 Å². The number of hydrogen-bond acceptors (Lipinski definition) is 2. The van der Waals surface area contributed by atoms with Gasteiger partial charge < -0.3 is 15.4 Å². The molecule has 0 saturated carbocycles. The highest BCUT2D eigenvalue weighted by molar-refractivity contribution is 5.79. The molecule has 0 amide bonds. The topological polar surface area (TPSA) is 45.7 Å². The Morgan fingerprint density at radius 2 is 1.88 bits per heavy atom. The smallest absolute Gasteiger partial charge is 0.381 e. The molecule has 25 heavy (non-hydrogen) atoms. The minimum absolute atomic E-state index is 0.106. The number of hydrogen-bond donors (Lipinski definition) is 2. The second kappa shape index (κ2) is 8.56. The van der Waals surface area contributed by atoms with Crippen LogP contribution in [0.25, 0.3) is 0 Å². The monoisotopic (exact) mass is 357 g/mol. The highest BCUT2D eigenvalue weighted by atomic mass is 19.4. The minimum Gasteiger partial charge on any atom is -0.381 e. The van der Waals surface area contributed by atoms with Crippen molar-refractivity contribution in [2.75, 3.05) is 33.4 Å². The summed E-state index contributed by atoms with van der Waals surface area (Å²) in [6.45, 7) is 3.85. The zero-order valence-corrected chi connectivity index (χ0v) is 14.7. The van der Waals surface area contributed by atoms with Crippen LogP contribution in [-0.4, -0.2) is 45.5 Å². The van der Waals surface area contributed by atoms with Gasteiger partial charge in [-0.15, -0.1) is 0 Å². The molecular weight excluding hydrogens is 331 g/mol. The van der Waals surface area contributed by atoms with Gasteiger partial charge in [0.1, 0.15) is 0 Å². The summed E-state index contributed by atoms with van der Waals surface area (Å²) in [6, 6.07) is 8.25. The largest absolute Gasteiger partial charge is 0.390 e. The van der Waals surface area contributed by atoms with Crippen LogP contribution in [0.4, 0.5) is 13.2 Å². The molecule has 1 heterocycles. The fourth-order valence-corrected chi connectivity index (χ4v) is 3.27. The quantitative estimate of drug-likeness (QED) is 0.629. The van der Waals surface area contributed by atoms with E-state index in [0.29, 0.717) is 25.7 Å². The van der Waals surface area contributed by atoms with E-state index in [4.69, 9.17) is 4.74 Å². The number of nitrogens with one attached hydrogen (secondary N) is 2. The van der Waals surface area contributed by atoms with Crippen LogP contribution in [-0.2, 0) is 10.2 Å². The summed E-state index contributed by atoms with van der Waals surface area (Å²) in [4.78, 5) is 4.04. The molecule has 2 rings (SSSR count). The lowest BCUT2D eigenvalue weighted by atomic mass is 9.72. The van der Waals surface area contributed by atoms with E-state index in [2.05, 4.69) is 34.7 Å². The summed E-state index contributed by atoms with van der Waals surface area (Å²) in [5.41, 5.74) is 2.37. The van der Waals surface area contributed by atoms with E-state index in [1.165, 1.54) is 11.1 Å². The Morgan fingerprint density at radius 3 is 2.48 bits per heavy atom. The van der Waals surface area contributed by atoms with Crippen LogP contribution in [0.5, 0.6) is 0 Å². The molecule has 1 saturated heterocycles. The number of rotatable bonds is 5. The maximum absolute atomic E-state index is 12.3. The lowest BCUT2D eigenvalue weighted by molar-refractivity contribution is -0.132. The van der Waals surface area contributed by atoms with Gasteiger partial charge in [-0.3, -0.25) is 4.99 Å². The molecule has 1 aliphatic rings. The van der Waals surface area contributed by atoms with E-state index in [1.54, 1.807) is 7.05 Å². The number of ether oxygens (including phenoxy) is 1. The first kappa shape index (κ1) is 19.6. The number of aryl methyl sites for hydroxylation is 1. The fourth-order valence-electron chi connectivity index (χ4n) is 3.27. The fraction of sp³-hybridized carbons (Fsp3) is 0.611. The molecule has 0 atom stereocenters. The van der Waals surface area contributed by atoms with E-state index < -0.39 is 12.6 Å². The van der Waals surface area contributed by atoms with Crippen LogP contribution in [0.2, 0.25) is 0 Å². The third-order valence-electron chi connectivity index (χ3n) is 4.69. The summed E-state index contributed by atoms with van der Waals surface area (Å²) in [6.07, 6.45) is -3.33. The van der Waals surface area contributed by atoms with Gasteiger partial charge in [0.05, 0.1) is 6.42 Å². The SMILES string of the molecule is CN=C(NCCC(F)(F)F)NCC1(c2ccccc2C)CCOCC1. The first-order chi connectivity index (χ1) is 11.9. The number of halogens is 3. The van der Waals surface area contributed by atoms with Crippen molar-refractivity contribution >= 4 is 5.96 Å². The van der Waals surface area contributed by atoms with Crippen LogP contribution < -0.4 is 10.6 Å². The molecule has 0 aromatic heterocycles. The Hall–Kier alpha value is -1.76. The van der Waals surface area contributed by atoms with Crippen molar-refractivity contribution in [2.24, 2.45) is 4.99 Å². The van der Waals surface area contributed by atoms with E-state index in [1.807, 2.05) is 12.1 Å². The van der Waals surface area contributed by atoms with Crippen LogP contribution in [0, 0.1) is 6.92 Å². The molecule has 1 fully saturated rings. The van der Waals surface area contributed by atoms with Gasteiger partial charge in [0.25, 0.3) is 0 Å². The molecule has 1 aliphatic heterocycles. The highest BCUT2D eigenvalue weighted by Crippen LogP contribution is 2.36. The minimum atomic E-state index is -4.17. The number of alkyl halides is 3. The van der Waals surface area contributed by atoms with Gasteiger partial charge in [0.2, 0.25) is 0 Å². The lowest BCUT2D eigenvalue weighted by Gasteiger charge is -2.39. The normalized spacial score (nSPS) is 18.0. The van der Waals surface area contributed by atoms with E-state index in [-0.39, 0.29) is 12.0 Å². The molecule has 1 aromatic rings. The van der Waals surface area contributed by atoms with Crippen molar-refractivity contribution in [3.05, 3.63) is 35.4 Å². The number of guanidine groups is 1. The second-order valence-corrected chi connectivity index (χ2v) is 6.43. The molecule has 0 radical (unpaired) electrons. The molecule has 0 spiro atoms. The van der Waals surface area contributed by atoms with Gasteiger partial charge in [-0.1, -0.05) is 24.3 Å².